The van der Waals surface area contributed by atoms with Gasteiger partial charge in [-0.05, 0) is 43.2 Å². The lowest BCUT2D eigenvalue weighted by molar-refractivity contribution is -0.130. The van der Waals surface area contributed by atoms with Gasteiger partial charge in [0.25, 0.3) is 0 Å². The number of nitrogens with zero attached hydrogens (tertiary/aromatic N) is 2. The molecule has 0 aliphatic carbocycles. The SMILES string of the molecule is CC(=O)N1C[C@@H](c2cccc(C)c2)[C@@H]2CN(S(=O)(=O)c3ccc(F)cc3)CC[C@@H]21. The molecule has 2 saturated heterocycles. The molecule has 3 atom stereocenters. The number of sulfonamides is 1. The van der Waals surface area contributed by atoms with Gasteiger partial charge in [-0.2, -0.15) is 4.31 Å². The number of amides is 1. The van der Waals surface area contributed by atoms with Crippen molar-refractivity contribution in [2.45, 2.75) is 37.1 Å². The highest BCUT2D eigenvalue weighted by Gasteiger charge is 2.48. The molecule has 0 spiro atoms. The fraction of sp³-hybridized carbons (Fsp3) is 0.409. The topological polar surface area (TPSA) is 57.7 Å². The predicted molar refractivity (Wildman–Crippen MR) is 108 cm³/mol. The second-order valence-corrected chi connectivity index (χ2v) is 9.97. The zero-order chi connectivity index (χ0) is 20.8. The molecule has 1 amide bonds. The van der Waals surface area contributed by atoms with Gasteiger partial charge in [-0.15, -0.1) is 0 Å². The average Bonchev–Trinajstić information content (AvgIpc) is 3.07. The number of likely N-dealkylation sites (tertiary alicyclic amines) is 1. The summed E-state index contributed by atoms with van der Waals surface area (Å²) >= 11 is 0. The van der Waals surface area contributed by atoms with Crippen LogP contribution in [0.2, 0.25) is 0 Å². The monoisotopic (exact) mass is 416 g/mol. The molecule has 2 aromatic carbocycles. The first-order valence-electron chi connectivity index (χ1n) is 9.87. The van der Waals surface area contributed by atoms with Crippen molar-refractivity contribution in [2.75, 3.05) is 19.6 Å². The van der Waals surface area contributed by atoms with E-state index < -0.39 is 15.8 Å². The minimum Gasteiger partial charge on any atom is -0.339 e. The van der Waals surface area contributed by atoms with Crippen LogP contribution in [0.4, 0.5) is 4.39 Å². The summed E-state index contributed by atoms with van der Waals surface area (Å²) in [5.41, 5.74) is 2.29. The normalized spacial score (nSPS) is 25.1. The van der Waals surface area contributed by atoms with Crippen LogP contribution in [-0.2, 0) is 14.8 Å². The minimum atomic E-state index is -3.71. The van der Waals surface area contributed by atoms with Gasteiger partial charge in [0.1, 0.15) is 5.82 Å². The van der Waals surface area contributed by atoms with Crippen molar-refractivity contribution < 1.29 is 17.6 Å². The maximum atomic E-state index is 13.2. The molecular weight excluding hydrogens is 391 g/mol. The van der Waals surface area contributed by atoms with E-state index in [1.54, 1.807) is 6.92 Å². The van der Waals surface area contributed by atoms with Gasteiger partial charge in [-0.25, -0.2) is 12.8 Å². The highest BCUT2D eigenvalue weighted by molar-refractivity contribution is 7.89. The summed E-state index contributed by atoms with van der Waals surface area (Å²) < 4.78 is 41.0. The number of rotatable bonds is 3. The van der Waals surface area contributed by atoms with E-state index in [1.165, 1.54) is 28.6 Å². The Kier molecular flexibility index (Phi) is 5.21. The standard InChI is InChI=1S/C22H25FN2O3S/c1-15-4-3-5-17(12-15)20-14-25(16(2)26)22-10-11-24(13-21(20)22)29(27,28)19-8-6-18(23)7-9-19/h3-9,12,20-22H,10-11,13-14H2,1-2H3/t20-,21-,22-/m0/s1. The van der Waals surface area contributed by atoms with E-state index in [4.69, 9.17) is 0 Å². The Morgan fingerprint density at radius 2 is 1.83 bits per heavy atom. The lowest BCUT2D eigenvalue weighted by atomic mass is 9.82. The Morgan fingerprint density at radius 3 is 2.48 bits per heavy atom. The quantitative estimate of drug-likeness (QED) is 0.772. The second kappa shape index (κ2) is 7.54. The minimum absolute atomic E-state index is 0.0321. The molecule has 4 rings (SSSR count). The summed E-state index contributed by atoms with van der Waals surface area (Å²) in [6, 6.07) is 13.2. The molecule has 2 heterocycles. The van der Waals surface area contributed by atoms with Gasteiger partial charge in [0.15, 0.2) is 0 Å². The first-order chi connectivity index (χ1) is 13.8. The summed E-state index contributed by atoms with van der Waals surface area (Å²) in [7, 11) is -3.71. The van der Waals surface area contributed by atoms with Gasteiger partial charge in [0.05, 0.1) is 4.90 Å². The number of hydrogen-bond acceptors (Lipinski definition) is 3. The number of benzene rings is 2. The number of carbonyl (C=O) groups excluding carboxylic acids is 1. The first kappa shape index (κ1) is 20.0. The van der Waals surface area contributed by atoms with Crippen molar-refractivity contribution in [1.29, 1.82) is 0 Å². The number of piperidine rings is 1. The largest absolute Gasteiger partial charge is 0.339 e. The third kappa shape index (κ3) is 3.69. The molecule has 2 aromatic rings. The van der Waals surface area contributed by atoms with Crippen LogP contribution >= 0.6 is 0 Å². The van der Waals surface area contributed by atoms with Crippen LogP contribution in [0, 0.1) is 18.7 Å². The Bertz CT molecular complexity index is 1020. The smallest absolute Gasteiger partial charge is 0.243 e. The molecule has 0 N–H and O–H groups in total. The number of fused-ring (bicyclic) bond motifs is 1. The van der Waals surface area contributed by atoms with E-state index >= 15 is 0 Å². The molecule has 154 valence electrons. The summed E-state index contributed by atoms with van der Waals surface area (Å²) in [6.45, 7) is 4.93. The number of carbonyl (C=O) groups is 1. The van der Waals surface area contributed by atoms with Crippen LogP contribution in [0.25, 0.3) is 0 Å². The Balaban J connectivity index is 1.65. The molecule has 2 aliphatic rings. The lowest BCUT2D eigenvalue weighted by Gasteiger charge is -2.38. The van der Waals surface area contributed by atoms with E-state index in [1.807, 2.05) is 24.0 Å². The van der Waals surface area contributed by atoms with Gasteiger partial charge >= 0.3 is 0 Å². The molecule has 0 aromatic heterocycles. The maximum absolute atomic E-state index is 13.2. The van der Waals surface area contributed by atoms with Crippen molar-refractivity contribution in [2.24, 2.45) is 5.92 Å². The molecular formula is C22H25FN2O3S. The second-order valence-electron chi connectivity index (χ2n) is 8.03. The Labute approximate surface area is 171 Å². The third-order valence-corrected chi connectivity index (χ3v) is 8.10. The van der Waals surface area contributed by atoms with Crippen molar-refractivity contribution in [3.05, 3.63) is 65.5 Å². The molecule has 2 aliphatic heterocycles. The number of hydrogen-bond donors (Lipinski definition) is 0. The number of halogens is 1. The van der Waals surface area contributed by atoms with Crippen molar-refractivity contribution in [1.82, 2.24) is 9.21 Å². The van der Waals surface area contributed by atoms with Crippen LogP contribution in [0.1, 0.15) is 30.4 Å². The Morgan fingerprint density at radius 1 is 1.10 bits per heavy atom. The van der Waals surface area contributed by atoms with Crippen molar-refractivity contribution >= 4 is 15.9 Å². The van der Waals surface area contributed by atoms with Crippen LogP contribution in [0.5, 0.6) is 0 Å². The van der Waals surface area contributed by atoms with E-state index in [-0.39, 0.29) is 28.7 Å². The summed E-state index contributed by atoms with van der Waals surface area (Å²) in [5.74, 6) is -0.306. The first-order valence-corrected chi connectivity index (χ1v) is 11.3. The van der Waals surface area contributed by atoms with Crippen molar-refractivity contribution in [3.63, 3.8) is 0 Å². The van der Waals surface area contributed by atoms with E-state index in [0.717, 1.165) is 11.1 Å². The maximum Gasteiger partial charge on any atom is 0.243 e. The predicted octanol–water partition coefficient (Wildman–Crippen LogP) is 3.16. The fourth-order valence-corrected chi connectivity index (χ4v) is 6.29. The summed E-state index contributed by atoms with van der Waals surface area (Å²) in [5, 5.41) is 0. The van der Waals surface area contributed by atoms with Gasteiger partial charge < -0.3 is 4.90 Å². The summed E-state index contributed by atoms with van der Waals surface area (Å²) in [6.07, 6.45) is 0.604. The van der Waals surface area contributed by atoms with Crippen LogP contribution in [-0.4, -0.2) is 49.2 Å². The van der Waals surface area contributed by atoms with Crippen molar-refractivity contribution in [3.8, 4) is 0 Å². The van der Waals surface area contributed by atoms with Gasteiger partial charge in [0, 0.05) is 44.4 Å². The van der Waals surface area contributed by atoms with Gasteiger partial charge in [-0.1, -0.05) is 29.8 Å². The molecule has 0 unspecified atom stereocenters. The van der Waals surface area contributed by atoms with Crippen LogP contribution in [0.15, 0.2) is 53.4 Å². The van der Waals surface area contributed by atoms with Gasteiger partial charge in [-0.3, -0.25) is 4.79 Å². The highest BCUT2D eigenvalue weighted by atomic mass is 32.2. The van der Waals surface area contributed by atoms with E-state index in [2.05, 4.69) is 12.1 Å². The summed E-state index contributed by atoms with van der Waals surface area (Å²) in [4.78, 5) is 14.2. The molecule has 7 heteroatoms. The van der Waals surface area contributed by atoms with E-state index in [9.17, 15) is 17.6 Å². The average molecular weight is 417 g/mol. The third-order valence-electron chi connectivity index (χ3n) is 6.22. The molecule has 29 heavy (non-hydrogen) atoms. The molecule has 0 saturated carbocycles. The molecule has 2 fully saturated rings. The molecule has 0 bridgehead atoms. The van der Waals surface area contributed by atoms with Crippen LogP contribution in [0.3, 0.4) is 0 Å². The Hall–Kier alpha value is -2.25. The highest BCUT2D eigenvalue weighted by Crippen LogP contribution is 2.42. The molecule has 5 nitrogen and oxygen atoms in total. The van der Waals surface area contributed by atoms with Crippen LogP contribution < -0.4 is 0 Å². The zero-order valence-electron chi connectivity index (χ0n) is 16.6. The zero-order valence-corrected chi connectivity index (χ0v) is 17.4. The molecule has 0 radical (unpaired) electrons. The number of aryl methyl sites for hydroxylation is 1. The van der Waals surface area contributed by atoms with Gasteiger partial charge in [0.2, 0.25) is 15.9 Å². The lowest BCUT2D eigenvalue weighted by Crippen LogP contribution is -2.49. The fourth-order valence-electron chi connectivity index (χ4n) is 4.79. The van der Waals surface area contributed by atoms with E-state index in [0.29, 0.717) is 26.1 Å².